The van der Waals surface area contributed by atoms with Crippen LogP contribution in [0.1, 0.15) is 25.3 Å². The summed E-state index contributed by atoms with van der Waals surface area (Å²) in [6.45, 7) is 5.31. The number of nitrogen functional groups attached to an aromatic ring is 1. The van der Waals surface area contributed by atoms with Gasteiger partial charge in [0.05, 0.1) is 5.56 Å². The van der Waals surface area contributed by atoms with E-state index in [4.69, 9.17) is 11.1 Å². The summed E-state index contributed by atoms with van der Waals surface area (Å²) in [5, 5.41) is 7.71. The zero-order valence-corrected chi connectivity index (χ0v) is 11.8. The van der Waals surface area contributed by atoms with Gasteiger partial charge in [-0.25, -0.2) is 4.98 Å². The predicted molar refractivity (Wildman–Crippen MR) is 78.8 cm³/mol. The first-order valence-electron chi connectivity index (χ1n) is 6.88. The first-order valence-corrected chi connectivity index (χ1v) is 6.88. The van der Waals surface area contributed by atoms with Crippen molar-refractivity contribution >= 4 is 11.7 Å². The van der Waals surface area contributed by atoms with Crippen molar-refractivity contribution < 1.29 is 0 Å². The molecule has 2 heterocycles. The summed E-state index contributed by atoms with van der Waals surface area (Å²) < 4.78 is 0. The van der Waals surface area contributed by atoms with E-state index in [0.717, 1.165) is 43.9 Å². The van der Waals surface area contributed by atoms with E-state index in [1.807, 2.05) is 12.1 Å². The second-order valence-electron chi connectivity index (χ2n) is 5.16. The molecule has 1 aliphatic rings. The first kappa shape index (κ1) is 13.8. The molecule has 1 aromatic rings. The lowest BCUT2D eigenvalue weighted by Gasteiger charge is -2.32. The molecule has 0 aromatic carbocycles. The molecule has 0 radical (unpaired) electrons. The lowest BCUT2D eigenvalue weighted by Crippen LogP contribution is -2.41. The molecule has 3 N–H and O–H groups in total. The number of pyridine rings is 1. The number of anilines is 1. The molecule has 1 unspecified atom stereocenters. The van der Waals surface area contributed by atoms with Crippen molar-refractivity contribution in [3.63, 3.8) is 0 Å². The highest BCUT2D eigenvalue weighted by Crippen LogP contribution is 2.23. The molecule has 104 valence electrons. The van der Waals surface area contributed by atoms with E-state index in [2.05, 4.69) is 28.8 Å². The van der Waals surface area contributed by atoms with E-state index in [1.54, 1.807) is 6.20 Å². The third-order valence-electron chi connectivity index (χ3n) is 3.72. The Morgan fingerprint density at radius 3 is 3.00 bits per heavy atom. The van der Waals surface area contributed by atoms with Crippen LogP contribution in [0, 0.1) is 5.41 Å². The SMILES string of the molecule is CCC1CN(C)CCCN1c1ncccc1C(=N)N. The lowest BCUT2D eigenvalue weighted by atomic mass is 10.1. The molecular formula is C14H23N5. The van der Waals surface area contributed by atoms with Crippen LogP contribution in [0.25, 0.3) is 0 Å². The number of amidine groups is 1. The van der Waals surface area contributed by atoms with E-state index >= 15 is 0 Å². The van der Waals surface area contributed by atoms with Crippen molar-refractivity contribution in [1.29, 1.82) is 5.41 Å². The maximum Gasteiger partial charge on any atom is 0.139 e. The van der Waals surface area contributed by atoms with Gasteiger partial charge in [0, 0.05) is 25.3 Å². The Bertz CT molecular complexity index is 445. The summed E-state index contributed by atoms with van der Waals surface area (Å²) in [6.07, 6.45) is 3.96. The van der Waals surface area contributed by atoms with Gasteiger partial charge in [0.25, 0.3) is 0 Å². The molecule has 5 heteroatoms. The van der Waals surface area contributed by atoms with Crippen LogP contribution in [0.3, 0.4) is 0 Å². The van der Waals surface area contributed by atoms with E-state index in [1.165, 1.54) is 0 Å². The van der Waals surface area contributed by atoms with Crippen molar-refractivity contribution in [1.82, 2.24) is 9.88 Å². The van der Waals surface area contributed by atoms with Gasteiger partial charge in [-0.1, -0.05) is 6.92 Å². The monoisotopic (exact) mass is 261 g/mol. The summed E-state index contributed by atoms with van der Waals surface area (Å²) >= 11 is 0. The Morgan fingerprint density at radius 1 is 1.53 bits per heavy atom. The molecule has 5 nitrogen and oxygen atoms in total. The lowest BCUT2D eigenvalue weighted by molar-refractivity contribution is 0.327. The summed E-state index contributed by atoms with van der Waals surface area (Å²) in [4.78, 5) is 9.16. The molecule has 0 saturated carbocycles. The van der Waals surface area contributed by atoms with Crippen molar-refractivity contribution in [2.45, 2.75) is 25.8 Å². The summed E-state index contributed by atoms with van der Waals surface area (Å²) in [7, 11) is 2.16. The number of hydrogen-bond acceptors (Lipinski definition) is 4. The molecule has 1 saturated heterocycles. The highest BCUT2D eigenvalue weighted by atomic mass is 15.3. The van der Waals surface area contributed by atoms with Gasteiger partial charge in [0.1, 0.15) is 11.7 Å². The van der Waals surface area contributed by atoms with Gasteiger partial charge in [-0.2, -0.15) is 0 Å². The van der Waals surface area contributed by atoms with Gasteiger partial charge in [-0.15, -0.1) is 0 Å². The molecule has 0 bridgehead atoms. The molecule has 0 amide bonds. The Morgan fingerprint density at radius 2 is 2.32 bits per heavy atom. The first-order chi connectivity index (χ1) is 9.13. The number of aromatic nitrogens is 1. The van der Waals surface area contributed by atoms with E-state index in [9.17, 15) is 0 Å². The average molecular weight is 261 g/mol. The minimum Gasteiger partial charge on any atom is -0.384 e. The van der Waals surface area contributed by atoms with Crippen LogP contribution >= 0.6 is 0 Å². The number of nitrogens with one attached hydrogen (secondary N) is 1. The van der Waals surface area contributed by atoms with Gasteiger partial charge >= 0.3 is 0 Å². The molecule has 1 aliphatic heterocycles. The van der Waals surface area contributed by atoms with E-state index < -0.39 is 0 Å². The molecule has 19 heavy (non-hydrogen) atoms. The van der Waals surface area contributed by atoms with Crippen molar-refractivity contribution in [3.8, 4) is 0 Å². The second-order valence-corrected chi connectivity index (χ2v) is 5.16. The molecule has 0 aliphatic carbocycles. The van der Waals surface area contributed by atoms with Crippen molar-refractivity contribution in [3.05, 3.63) is 23.9 Å². The summed E-state index contributed by atoms with van der Waals surface area (Å²) in [5.74, 6) is 0.952. The number of rotatable bonds is 3. The highest BCUT2D eigenvalue weighted by molar-refractivity contribution is 5.99. The normalized spacial score (nSPS) is 21.2. The average Bonchev–Trinajstić information content (AvgIpc) is 2.60. The Hall–Kier alpha value is -1.62. The fourth-order valence-corrected chi connectivity index (χ4v) is 2.71. The third kappa shape index (κ3) is 3.04. The fourth-order valence-electron chi connectivity index (χ4n) is 2.71. The van der Waals surface area contributed by atoms with Crippen LogP contribution in [-0.2, 0) is 0 Å². The second kappa shape index (κ2) is 6.02. The number of nitrogens with zero attached hydrogens (tertiary/aromatic N) is 3. The Balaban J connectivity index is 2.35. The van der Waals surface area contributed by atoms with E-state index in [0.29, 0.717) is 6.04 Å². The maximum atomic E-state index is 7.71. The van der Waals surface area contributed by atoms with Gasteiger partial charge in [-0.3, -0.25) is 5.41 Å². The standard InChI is InChI=1S/C14H23N5/c1-3-11-10-18(2)8-5-9-19(11)14-12(13(15)16)6-4-7-17-14/h4,6-7,11H,3,5,8-10H2,1-2H3,(H3,15,16). The van der Waals surface area contributed by atoms with Gasteiger partial charge < -0.3 is 15.5 Å². The molecule has 1 fully saturated rings. The zero-order valence-electron chi connectivity index (χ0n) is 11.8. The largest absolute Gasteiger partial charge is 0.384 e. The Kier molecular flexibility index (Phi) is 4.37. The van der Waals surface area contributed by atoms with Crippen LogP contribution < -0.4 is 10.6 Å². The highest BCUT2D eigenvalue weighted by Gasteiger charge is 2.25. The molecule has 1 aromatic heterocycles. The topological polar surface area (TPSA) is 69.2 Å². The van der Waals surface area contributed by atoms with Crippen molar-refractivity contribution in [2.24, 2.45) is 5.73 Å². The Labute approximate surface area is 114 Å². The molecule has 2 rings (SSSR count). The molecular weight excluding hydrogens is 238 g/mol. The minimum absolute atomic E-state index is 0.0931. The maximum absolute atomic E-state index is 7.71. The van der Waals surface area contributed by atoms with Crippen LogP contribution in [-0.4, -0.2) is 48.4 Å². The van der Waals surface area contributed by atoms with Gasteiger partial charge in [0.2, 0.25) is 0 Å². The number of likely N-dealkylation sites (N-methyl/N-ethyl adjacent to an activating group) is 1. The minimum atomic E-state index is 0.0931. The summed E-state index contributed by atoms with van der Waals surface area (Å²) in [5.41, 5.74) is 6.42. The van der Waals surface area contributed by atoms with Crippen LogP contribution in [0.5, 0.6) is 0 Å². The van der Waals surface area contributed by atoms with E-state index in [-0.39, 0.29) is 5.84 Å². The smallest absolute Gasteiger partial charge is 0.139 e. The van der Waals surface area contributed by atoms with Crippen LogP contribution in [0.4, 0.5) is 5.82 Å². The quantitative estimate of drug-likeness (QED) is 0.635. The zero-order chi connectivity index (χ0) is 13.8. The third-order valence-corrected chi connectivity index (χ3v) is 3.72. The van der Waals surface area contributed by atoms with Gasteiger partial charge in [0.15, 0.2) is 0 Å². The number of hydrogen-bond donors (Lipinski definition) is 2. The summed E-state index contributed by atoms with van der Waals surface area (Å²) in [6, 6.07) is 4.15. The fraction of sp³-hybridized carbons (Fsp3) is 0.571. The van der Waals surface area contributed by atoms with Crippen LogP contribution in [0.2, 0.25) is 0 Å². The van der Waals surface area contributed by atoms with Crippen LogP contribution in [0.15, 0.2) is 18.3 Å². The molecule has 1 atom stereocenters. The molecule has 0 spiro atoms. The predicted octanol–water partition coefficient (Wildman–Crippen LogP) is 1.29. The number of nitrogens with two attached hydrogens (primary N) is 1. The van der Waals surface area contributed by atoms with Crippen molar-refractivity contribution in [2.75, 3.05) is 31.6 Å². The van der Waals surface area contributed by atoms with Gasteiger partial charge in [-0.05, 0) is 38.6 Å².